The highest BCUT2D eigenvalue weighted by Gasteiger charge is 2.09. The molecule has 0 amide bonds. The lowest BCUT2D eigenvalue weighted by molar-refractivity contribution is -0.130. The van der Waals surface area contributed by atoms with E-state index in [4.69, 9.17) is 13.9 Å². The van der Waals surface area contributed by atoms with E-state index in [1.165, 1.54) is 0 Å². The summed E-state index contributed by atoms with van der Waals surface area (Å²) in [7, 11) is 0. The van der Waals surface area contributed by atoms with Gasteiger partial charge in [-0.3, -0.25) is 0 Å². The van der Waals surface area contributed by atoms with Crippen molar-refractivity contribution in [1.29, 1.82) is 0 Å². The Labute approximate surface area is 180 Å². The first kappa shape index (κ1) is 21.6. The third-order valence-electron chi connectivity index (χ3n) is 4.34. The summed E-state index contributed by atoms with van der Waals surface area (Å²) in [4.78, 5) is 22.9. The molecule has 0 aliphatic carbocycles. The largest absolute Gasteiger partial charge is 0.457 e. The summed E-state index contributed by atoms with van der Waals surface area (Å²) in [5.74, 6) is 1.39. The molecule has 0 saturated carbocycles. The number of furan rings is 1. The first-order valence-corrected chi connectivity index (χ1v) is 9.56. The van der Waals surface area contributed by atoms with Crippen LogP contribution >= 0.6 is 0 Å². The van der Waals surface area contributed by atoms with Gasteiger partial charge < -0.3 is 13.9 Å². The molecule has 2 aromatic carbocycles. The van der Waals surface area contributed by atoms with Gasteiger partial charge in [-0.1, -0.05) is 31.4 Å². The molecule has 3 rings (SSSR count). The maximum atomic E-state index is 11.6. The second-order valence-corrected chi connectivity index (χ2v) is 6.88. The highest BCUT2D eigenvalue weighted by atomic mass is 16.5. The molecule has 0 radical (unpaired) electrons. The normalized spacial score (nSPS) is 10.6. The van der Waals surface area contributed by atoms with Crippen molar-refractivity contribution < 1.29 is 23.5 Å². The van der Waals surface area contributed by atoms with Crippen LogP contribution in [0.15, 0.2) is 83.8 Å². The Bertz CT molecular complexity index is 1160. The molecule has 5 heteroatoms. The Morgan fingerprint density at radius 2 is 1.71 bits per heavy atom. The van der Waals surface area contributed by atoms with Crippen LogP contribution in [0.25, 0.3) is 23.5 Å². The molecule has 1 aromatic heterocycles. The monoisotopic (exact) mass is 414 g/mol. The fourth-order valence-electron chi connectivity index (χ4n) is 2.68. The Morgan fingerprint density at radius 1 is 0.968 bits per heavy atom. The molecule has 0 spiro atoms. The number of rotatable bonds is 7. The fraction of sp³-hybridized carbons (Fsp3) is 0.0769. The summed E-state index contributed by atoms with van der Waals surface area (Å²) in [6.45, 7) is 10.4. The molecule has 5 nitrogen and oxygen atoms in total. The van der Waals surface area contributed by atoms with Gasteiger partial charge in [-0.2, -0.15) is 0 Å². The maximum Gasteiger partial charge on any atom is 0.338 e. The molecular formula is C26H22O5. The van der Waals surface area contributed by atoms with E-state index < -0.39 is 11.9 Å². The van der Waals surface area contributed by atoms with Gasteiger partial charge in [0.25, 0.3) is 0 Å². The Kier molecular flexibility index (Phi) is 6.67. The van der Waals surface area contributed by atoms with E-state index in [-0.39, 0.29) is 0 Å². The van der Waals surface area contributed by atoms with Crippen molar-refractivity contribution in [2.24, 2.45) is 0 Å². The number of carbonyl (C=O) groups is 2. The van der Waals surface area contributed by atoms with Gasteiger partial charge in [0.1, 0.15) is 23.0 Å². The highest BCUT2D eigenvalue weighted by molar-refractivity contribution is 5.88. The van der Waals surface area contributed by atoms with Crippen LogP contribution in [-0.4, -0.2) is 11.9 Å². The van der Waals surface area contributed by atoms with Crippen LogP contribution in [0, 0.1) is 6.92 Å². The van der Waals surface area contributed by atoms with Gasteiger partial charge in [-0.15, -0.1) is 0 Å². The molecule has 1 heterocycles. The van der Waals surface area contributed by atoms with Crippen molar-refractivity contribution in [3.05, 3.63) is 96.3 Å². The Morgan fingerprint density at radius 3 is 2.35 bits per heavy atom. The minimum absolute atomic E-state index is 0.347. The molecule has 156 valence electrons. The van der Waals surface area contributed by atoms with E-state index in [0.717, 1.165) is 22.8 Å². The van der Waals surface area contributed by atoms with Crippen LogP contribution in [0.2, 0.25) is 0 Å². The van der Waals surface area contributed by atoms with Gasteiger partial charge in [-0.05, 0) is 73.5 Å². The van der Waals surface area contributed by atoms with Crippen LogP contribution in [0.3, 0.4) is 0 Å². The van der Waals surface area contributed by atoms with Gasteiger partial charge in [0.05, 0.1) is 0 Å². The van der Waals surface area contributed by atoms with E-state index in [9.17, 15) is 9.59 Å². The fourth-order valence-corrected chi connectivity index (χ4v) is 2.68. The number of benzene rings is 2. The van der Waals surface area contributed by atoms with E-state index in [2.05, 4.69) is 13.2 Å². The van der Waals surface area contributed by atoms with Gasteiger partial charge >= 0.3 is 11.9 Å². The Hall–Kier alpha value is -4.12. The quantitative estimate of drug-likeness (QED) is 0.270. The lowest BCUT2D eigenvalue weighted by Crippen LogP contribution is -2.07. The van der Waals surface area contributed by atoms with Crippen molar-refractivity contribution in [2.75, 3.05) is 0 Å². The molecule has 0 atom stereocenters. The highest BCUT2D eigenvalue weighted by Crippen LogP contribution is 2.28. The zero-order valence-corrected chi connectivity index (χ0v) is 17.4. The summed E-state index contributed by atoms with van der Waals surface area (Å²) >= 11 is 0. The Balaban J connectivity index is 1.68. The van der Waals surface area contributed by atoms with Crippen molar-refractivity contribution in [3.63, 3.8) is 0 Å². The summed E-state index contributed by atoms with van der Waals surface area (Å²) in [5, 5.41) is 0. The molecule has 0 N–H and O–H groups in total. The van der Waals surface area contributed by atoms with Gasteiger partial charge in [-0.25, -0.2) is 9.59 Å². The maximum absolute atomic E-state index is 11.6. The van der Waals surface area contributed by atoms with Gasteiger partial charge in [0, 0.05) is 17.2 Å². The summed E-state index contributed by atoms with van der Waals surface area (Å²) in [6.07, 6.45) is 4.88. The molecule has 0 unspecified atom stereocenters. The number of esters is 2. The number of hydrogen-bond acceptors (Lipinski definition) is 5. The summed E-state index contributed by atoms with van der Waals surface area (Å²) in [6, 6.07) is 16.3. The zero-order chi connectivity index (χ0) is 22.4. The van der Waals surface area contributed by atoms with Crippen molar-refractivity contribution >= 4 is 24.1 Å². The topological polar surface area (TPSA) is 65.7 Å². The lowest BCUT2D eigenvalue weighted by Gasteiger charge is -2.06. The minimum atomic E-state index is -0.497. The number of aryl methyl sites for hydroxylation is 1. The first-order valence-electron chi connectivity index (χ1n) is 9.56. The van der Waals surface area contributed by atoms with E-state index in [1.807, 2.05) is 55.5 Å². The molecular weight excluding hydrogens is 392 g/mol. The van der Waals surface area contributed by atoms with Gasteiger partial charge in [0.15, 0.2) is 0 Å². The van der Waals surface area contributed by atoms with Crippen molar-refractivity contribution in [1.82, 2.24) is 0 Å². The smallest absolute Gasteiger partial charge is 0.338 e. The molecule has 31 heavy (non-hydrogen) atoms. The van der Waals surface area contributed by atoms with Crippen LogP contribution < -0.4 is 9.47 Å². The van der Waals surface area contributed by atoms with E-state index in [1.54, 1.807) is 25.1 Å². The molecule has 0 fully saturated rings. The van der Waals surface area contributed by atoms with Crippen molar-refractivity contribution in [3.8, 4) is 22.8 Å². The van der Waals surface area contributed by atoms with E-state index >= 15 is 0 Å². The average Bonchev–Trinajstić information content (AvgIpc) is 3.23. The second-order valence-electron chi connectivity index (χ2n) is 6.88. The van der Waals surface area contributed by atoms with Crippen molar-refractivity contribution in [2.45, 2.75) is 13.8 Å². The molecule has 0 aliphatic rings. The first-order chi connectivity index (χ1) is 14.9. The van der Waals surface area contributed by atoms with Crippen LogP contribution in [0.5, 0.6) is 11.5 Å². The SMILES string of the molecule is C=CC(=O)Oc1ccc(-c2ccc(C=Cc3ccc(OC(=O)C(=C)C)cc3)o2)cc1C. The summed E-state index contributed by atoms with van der Waals surface area (Å²) in [5.41, 5.74) is 2.96. The minimum Gasteiger partial charge on any atom is -0.457 e. The molecule has 0 aliphatic heterocycles. The lowest BCUT2D eigenvalue weighted by atomic mass is 10.1. The van der Waals surface area contributed by atoms with Crippen LogP contribution in [-0.2, 0) is 9.59 Å². The predicted octanol–water partition coefficient (Wildman–Crippen LogP) is 6.00. The van der Waals surface area contributed by atoms with Gasteiger partial charge in [0.2, 0.25) is 0 Å². The standard InChI is InChI=1S/C26H22O5/c1-5-25(27)31-23-14-9-20(16-18(23)4)24-15-13-21(29-24)10-6-19-7-11-22(12-8-19)30-26(28)17(2)3/h5-16H,1-2H2,3-4H3. The molecule has 0 bridgehead atoms. The molecule has 3 aromatic rings. The third-order valence-corrected chi connectivity index (χ3v) is 4.34. The molecule has 0 saturated heterocycles. The van der Waals surface area contributed by atoms with Crippen LogP contribution in [0.1, 0.15) is 23.8 Å². The average molecular weight is 414 g/mol. The van der Waals surface area contributed by atoms with Crippen LogP contribution in [0.4, 0.5) is 0 Å². The predicted molar refractivity (Wildman–Crippen MR) is 121 cm³/mol. The third kappa shape index (κ3) is 5.70. The second kappa shape index (κ2) is 9.59. The number of hydrogen-bond donors (Lipinski definition) is 0. The van der Waals surface area contributed by atoms with E-state index in [0.29, 0.717) is 28.6 Å². The number of carbonyl (C=O) groups excluding carboxylic acids is 2. The zero-order valence-electron chi connectivity index (χ0n) is 17.4. The summed E-state index contributed by atoms with van der Waals surface area (Å²) < 4.78 is 16.3. The number of ether oxygens (including phenoxy) is 2.